The van der Waals surface area contributed by atoms with Crippen LogP contribution in [0.15, 0.2) is 85.7 Å². The molecule has 4 aromatic rings. The van der Waals surface area contributed by atoms with Gasteiger partial charge in [0.1, 0.15) is 30.3 Å². The number of pyridine rings is 4. The van der Waals surface area contributed by atoms with Crippen molar-refractivity contribution in [1.82, 2.24) is 30.2 Å². The first-order valence-electron chi connectivity index (χ1n) is 19.6. The van der Waals surface area contributed by atoms with Crippen molar-refractivity contribution in [3.8, 4) is 11.5 Å². The van der Waals surface area contributed by atoms with E-state index in [4.69, 9.17) is 23.7 Å². The zero-order valence-electron chi connectivity index (χ0n) is 32.2. The molecular weight excluding hydrogens is 697 g/mol. The minimum absolute atomic E-state index is 0.0483. The van der Waals surface area contributed by atoms with E-state index >= 15 is 0 Å². The van der Waals surface area contributed by atoms with Gasteiger partial charge in [-0.3, -0.25) is 19.9 Å². The number of hydrogen-bond donors (Lipinski definition) is 1. The van der Waals surface area contributed by atoms with Crippen LogP contribution < -0.4 is 14.8 Å². The molecule has 12 nitrogen and oxygen atoms in total. The zero-order chi connectivity index (χ0) is 38.0. The summed E-state index contributed by atoms with van der Waals surface area (Å²) < 4.78 is 28.9. The first-order valence-corrected chi connectivity index (χ1v) is 19.6. The molecule has 0 spiro atoms. The summed E-state index contributed by atoms with van der Waals surface area (Å²) in [5.74, 6) is 3.72. The maximum absolute atomic E-state index is 12.2. The van der Waals surface area contributed by atoms with Crippen molar-refractivity contribution < 1.29 is 28.5 Å². The monoisotopic (exact) mass is 750 g/mol. The Labute approximate surface area is 324 Å². The van der Waals surface area contributed by atoms with Crippen LogP contribution in [0.3, 0.4) is 0 Å². The number of carbonyl (C=O) groups excluding carboxylic acids is 1. The Morgan fingerprint density at radius 2 is 1.33 bits per heavy atom. The quantitative estimate of drug-likeness (QED) is 0.131. The molecule has 6 atom stereocenters. The molecule has 4 aromatic heterocycles. The van der Waals surface area contributed by atoms with E-state index < -0.39 is 5.60 Å². The molecule has 4 aliphatic rings. The summed E-state index contributed by atoms with van der Waals surface area (Å²) in [5.41, 5.74) is 3.89. The second kappa shape index (κ2) is 18.3. The summed E-state index contributed by atoms with van der Waals surface area (Å²) in [7, 11) is 0. The highest BCUT2D eigenvalue weighted by Gasteiger charge is 2.40. The zero-order valence-corrected chi connectivity index (χ0v) is 32.2. The highest BCUT2D eigenvalue weighted by molar-refractivity contribution is 5.69. The topological polar surface area (TPSA) is 130 Å². The van der Waals surface area contributed by atoms with Gasteiger partial charge in [-0.2, -0.15) is 0 Å². The molecule has 12 heteroatoms. The summed E-state index contributed by atoms with van der Waals surface area (Å²) in [6.07, 6.45) is 15.1. The molecular formula is C43H54N6O6. The number of rotatable bonds is 16. The summed E-state index contributed by atoms with van der Waals surface area (Å²) in [6.45, 7) is 11.3. The van der Waals surface area contributed by atoms with Crippen LogP contribution in [0.25, 0.3) is 0 Å². The lowest BCUT2D eigenvalue weighted by molar-refractivity contribution is -0.0141. The molecule has 55 heavy (non-hydrogen) atoms. The third kappa shape index (κ3) is 11.7. The normalized spacial score (nSPS) is 23.7. The number of nitrogens with one attached hydrogen (secondary N) is 1. The van der Waals surface area contributed by atoms with Gasteiger partial charge in [-0.25, -0.2) is 4.79 Å². The molecule has 8 rings (SSSR count). The molecule has 2 saturated carbocycles. The van der Waals surface area contributed by atoms with Crippen molar-refractivity contribution in [2.45, 2.75) is 89.2 Å². The lowest BCUT2D eigenvalue weighted by atomic mass is 10.1. The van der Waals surface area contributed by atoms with E-state index in [1.165, 1.54) is 17.5 Å². The minimum atomic E-state index is -0.488. The van der Waals surface area contributed by atoms with Gasteiger partial charge >= 0.3 is 6.09 Å². The summed E-state index contributed by atoms with van der Waals surface area (Å²) in [5, 5.41) is 3.34. The highest BCUT2D eigenvalue weighted by atomic mass is 16.6. The van der Waals surface area contributed by atoms with E-state index in [1.807, 2.05) is 69.6 Å². The molecule has 2 aliphatic carbocycles. The van der Waals surface area contributed by atoms with E-state index in [-0.39, 0.29) is 12.1 Å². The van der Waals surface area contributed by atoms with Crippen LogP contribution in [0.1, 0.15) is 80.8 Å². The average Bonchev–Trinajstić information content (AvgIpc) is 4.08. The Balaban J connectivity index is 0.000000174. The van der Waals surface area contributed by atoms with Crippen LogP contribution in [0, 0.1) is 11.8 Å². The summed E-state index contributed by atoms with van der Waals surface area (Å²) in [4.78, 5) is 31.2. The molecule has 0 aromatic carbocycles. The fourth-order valence-electron chi connectivity index (χ4n) is 6.77. The van der Waals surface area contributed by atoms with Crippen molar-refractivity contribution in [3.05, 3.63) is 108 Å². The van der Waals surface area contributed by atoms with Crippen LogP contribution in [0.2, 0.25) is 0 Å². The van der Waals surface area contributed by atoms with Gasteiger partial charge in [0.15, 0.2) is 0 Å². The molecule has 1 amide bonds. The van der Waals surface area contributed by atoms with E-state index in [2.05, 4.69) is 37.4 Å². The highest BCUT2D eigenvalue weighted by Crippen LogP contribution is 2.49. The van der Waals surface area contributed by atoms with Crippen molar-refractivity contribution in [2.24, 2.45) is 11.8 Å². The third-order valence-electron chi connectivity index (χ3n) is 10.4. The standard InChI is InChI=1S/C24H31N3O4.C19H23N3O2/c1-24(2,3)31-23(28)27-9-7-20(27)16-30-21-10-17(12-25-13-21)22-11-18(22)14-29-15-19-6-4-5-8-26-19;1-2-5-21-16(3-1)12-23-11-15-8-19(15)14-7-18(10-20-9-14)24-13-17-4-6-22-17/h4-6,8,10,12-13,18,20,22H,7,9,11,14-16H2,1-3H3;1-3,5,7,9-10,15,17,19,22H,4,6,8,11-13H2/t18-,20+,22-;15-,17+,19-/m11/s1. The number of carbonyl (C=O) groups is 1. The van der Waals surface area contributed by atoms with Crippen molar-refractivity contribution >= 4 is 6.09 Å². The SMILES string of the molecule is CC(C)(C)OC(=O)N1CC[C@H]1COc1cncc([C@H]2C[C@@H]2COCc2ccccn2)c1.c1ccc(COC[C@H]2C[C@@H]2c2cncc(OC[C@@H]3CCN3)c2)nc1. The van der Waals surface area contributed by atoms with Crippen molar-refractivity contribution in [3.63, 3.8) is 0 Å². The Morgan fingerprint density at radius 1 is 0.764 bits per heavy atom. The van der Waals surface area contributed by atoms with Gasteiger partial charge in [-0.15, -0.1) is 0 Å². The Bertz CT molecular complexity index is 1810. The number of ether oxygens (including phenoxy) is 5. The van der Waals surface area contributed by atoms with Crippen molar-refractivity contribution in [1.29, 1.82) is 0 Å². The molecule has 4 fully saturated rings. The Hall–Kier alpha value is -4.65. The molecule has 2 saturated heterocycles. The smallest absolute Gasteiger partial charge is 0.410 e. The minimum Gasteiger partial charge on any atom is -0.490 e. The fourth-order valence-corrected chi connectivity index (χ4v) is 6.77. The average molecular weight is 751 g/mol. The maximum Gasteiger partial charge on any atom is 0.410 e. The maximum atomic E-state index is 12.2. The van der Waals surface area contributed by atoms with Crippen LogP contribution in [0.4, 0.5) is 4.79 Å². The lowest BCUT2D eigenvalue weighted by Gasteiger charge is -2.40. The van der Waals surface area contributed by atoms with Gasteiger partial charge < -0.3 is 33.9 Å². The molecule has 292 valence electrons. The second-order valence-corrected chi connectivity index (χ2v) is 16.0. The van der Waals surface area contributed by atoms with Crippen LogP contribution >= 0.6 is 0 Å². The molecule has 1 N–H and O–H groups in total. The molecule has 0 radical (unpaired) electrons. The van der Waals surface area contributed by atoms with Crippen LogP contribution in [-0.4, -0.2) is 88.1 Å². The van der Waals surface area contributed by atoms with Gasteiger partial charge in [0.05, 0.1) is 56.3 Å². The number of aromatic nitrogens is 4. The predicted molar refractivity (Wildman–Crippen MR) is 207 cm³/mol. The predicted octanol–water partition coefficient (Wildman–Crippen LogP) is 6.72. The molecule has 0 unspecified atom stereocenters. The molecule has 6 heterocycles. The molecule has 0 bridgehead atoms. The largest absolute Gasteiger partial charge is 0.490 e. The van der Waals surface area contributed by atoms with Gasteiger partial charge in [0, 0.05) is 37.4 Å². The first kappa shape index (κ1) is 38.6. The molecule has 2 aliphatic heterocycles. The van der Waals surface area contributed by atoms with E-state index in [0.29, 0.717) is 56.1 Å². The summed E-state index contributed by atoms with van der Waals surface area (Å²) in [6, 6.07) is 16.5. The van der Waals surface area contributed by atoms with Crippen molar-refractivity contribution in [2.75, 3.05) is 39.5 Å². The second-order valence-electron chi connectivity index (χ2n) is 16.0. The number of likely N-dealkylation sites (tertiary alicyclic amines) is 1. The Kier molecular flexibility index (Phi) is 12.9. The number of nitrogens with zero attached hydrogens (tertiary/aromatic N) is 5. The van der Waals surface area contributed by atoms with Crippen LogP contribution in [0.5, 0.6) is 11.5 Å². The Morgan fingerprint density at radius 3 is 1.78 bits per heavy atom. The van der Waals surface area contributed by atoms with Crippen LogP contribution in [-0.2, 0) is 27.4 Å². The van der Waals surface area contributed by atoms with Gasteiger partial charge in [-0.05, 0) is 124 Å². The first-order chi connectivity index (χ1) is 26.8. The van der Waals surface area contributed by atoms with Gasteiger partial charge in [0.25, 0.3) is 0 Å². The fraction of sp³-hybridized carbons (Fsp3) is 0.512. The summed E-state index contributed by atoms with van der Waals surface area (Å²) >= 11 is 0. The van der Waals surface area contributed by atoms with Gasteiger partial charge in [0.2, 0.25) is 0 Å². The van der Waals surface area contributed by atoms with E-state index in [0.717, 1.165) is 68.5 Å². The van der Waals surface area contributed by atoms with E-state index in [1.54, 1.807) is 29.7 Å². The lowest BCUT2D eigenvalue weighted by Crippen LogP contribution is -2.55. The van der Waals surface area contributed by atoms with Gasteiger partial charge in [-0.1, -0.05) is 12.1 Å². The number of hydrogen-bond acceptors (Lipinski definition) is 11. The number of amides is 1. The van der Waals surface area contributed by atoms with E-state index in [9.17, 15) is 4.79 Å². The third-order valence-corrected chi connectivity index (χ3v) is 10.4.